The van der Waals surface area contributed by atoms with Gasteiger partial charge < -0.3 is 9.73 Å². The summed E-state index contributed by atoms with van der Waals surface area (Å²) in [5, 5.41) is 4.50. The first kappa shape index (κ1) is 10.6. The fraction of sp³-hybridized carbons (Fsp3) is 0.545. The molecule has 1 aliphatic heterocycles. The molecule has 1 aromatic rings. The summed E-state index contributed by atoms with van der Waals surface area (Å²) in [7, 11) is 0. The third kappa shape index (κ3) is 3.02. The van der Waals surface area contributed by atoms with E-state index in [1.807, 2.05) is 12.1 Å². The Hall–Kier alpha value is -0.900. The first-order chi connectivity index (χ1) is 7.38. The van der Waals surface area contributed by atoms with Crippen molar-refractivity contribution < 1.29 is 4.42 Å². The minimum absolute atomic E-state index is 0.599. The van der Waals surface area contributed by atoms with Crippen molar-refractivity contribution in [2.45, 2.75) is 32.4 Å². The summed E-state index contributed by atoms with van der Waals surface area (Å²) in [5.74, 6) is 2.09. The van der Waals surface area contributed by atoms with Crippen molar-refractivity contribution in [3.8, 4) is 0 Å². The molecule has 1 saturated heterocycles. The largest absolute Gasteiger partial charge is 0.467 e. The topological polar surface area (TPSA) is 37.5 Å². The van der Waals surface area contributed by atoms with Crippen LogP contribution in [0.3, 0.4) is 0 Å². The number of amidine groups is 1. The van der Waals surface area contributed by atoms with Crippen LogP contribution in [0.5, 0.6) is 0 Å². The van der Waals surface area contributed by atoms with Crippen LogP contribution in [0, 0.1) is 0 Å². The van der Waals surface area contributed by atoms with Crippen LogP contribution in [-0.4, -0.2) is 17.0 Å². The zero-order chi connectivity index (χ0) is 10.5. The first-order valence-electron chi connectivity index (χ1n) is 5.34. The molecule has 15 heavy (non-hydrogen) atoms. The number of hydrogen-bond donors (Lipinski definition) is 1. The number of thioether (sulfide) groups is 1. The lowest BCUT2D eigenvalue weighted by molar-refractivity contribution is 0.511. The van der Waals surface area contributed by atoms with E-state index in [-0.39, 0.29) is 0 Å². The lowest BCUT2D eigenvalue weighted by Gasteiger charge is -2.24. The van der Waals surface area contributed by atoms with Gasteiger partial charge in [0.05, 0.1) is 12.8 Å². The number of furan rings is 1. The number of rotatable bonds is 3. The Morgan fingerprint density at radius 3 is 3.33 bits per heavy atom. The van der Waals surface area contributed by atoms with Crippen molar-refractivity contribution in [2.24, 2.45) is 4.99 Å². The predicted octanol–water partition coefficient (Wildman–Crippen LogP) is 2.64. The van der Waals surface area contributed by atoms with Gasteiger partial charge in [0.2, 0.25) is 0 Å². The normalized spacial score (nSPS) is 24.1. The van der Waals surface area contributed by atoms with Gasteiger partial charge in [0.1, 0.15) is 5.76 Å². The van der Waals surface area contributed by atoms with E-state index in [2.05, 4.69) is 17.2 Å². The molecule has 0 aromatic carbocycles. The molecule has 2 heterocycles. The average Bonchev–Trinajstić information content (AvgIpc) is 2.79. The SMILES string of the molecule is CCC1CCSC(=NCc2ccco2)N1. The molecule has 0 radical (unpaired) electrons. The zero-order valence-corrected chi connectivity index (χ0v) is 9.72. The van der Waals surface area contributed by atoms with E-state index in [0.29, 0.717) is 12.6 Å². The molecule has 1 aromatic heterocycles. The van der Waals surface area contributed by atoms with Crippen molar-refractivity contribution in [1.29, 1.82) is 0 Å². The second kappa shape index (κ2) is 5.26. The van der Waals surface area contributed by atoms with Crippen LogP contribution in [0.15, 0.2) is 27.8 Å². The standard InChI is InChI=1S/C11H16N2OS/c1-2-9-5-7-15-11(13-9)12-8-10-4-3-6-14-10/h3-4,6,9H,2,5,7-8H2,1H3,(H,12,13). The van der Waals surface area contributed by atoms with Gasteiger partial charge in [-0.25, -0.2) is 0 Å². The Morgan fingerprint density at radius 2 is 2.60 bits per heavy atom. The summed E-state index contributed by atoms with van der Waals surface area (Å²) >= 11 is 1.80. The van der Waals surface area contributed by atoms with Gasteiger partial charge in [-0.1, -0.05) is 18.7 Å². The van der Waals surface area contributed by atoms with Crippen LogP contribution in [0.2, 0.25) is 0 Å². The number of aliphatic imine (C=N–C) groups is 1. The van der Waals surface area contributed by atoms with Crippen LogP contribution in [0.25, 0.3) is 0 Å². The van der Waals surface area contributed by atoms with Crippen molar-refractivity contribution in [2.75, 3.05) is 5.75 Å². The molecule has 1 fully saturated rings. The molecule has 4 heteroatoms. The van der Waals surface area contributed by atoms with Crippen molar-refractivity contribution >= 4 is 16.9 Å². The van der Waals surface area contributed by atoms with Gasteiger partial charge in [0, 0.05) is 11.8 Å². The van der Waals surface area contributed by atoms with Crippen molar-refractivity contribution in [3.05, 3.63) is 24.2 Å². The number of nitrogens with zero attached hydrogens (tertiary/aromatic N) is 1. The van der Waals surface area contributed by atoms with Gasteiger partial charge in [-0.15, -0.1) is 0 Å². The molecule has 2 rings (SSSR count). The van der Waals surface area contributed by atoms with Crippen LogP contribution < -0.4 is 5.32 Å². The highest BCUT2D eigenvalue weighted by molar-refractivity contribution is 8.13. The Balaban J connectivity index is 1.89. The highest BCUT2D eigenvalue weighted by atomic mass is 32.2. The van der Waals surface area contributed by atoms with E-state index in [1.165, 1.54) is 18.6 Å². The minimum atomic E-state index is 0.599. The maximum Gasteiger partial charge on any atom is 0.157 e. The van der Waals surface area contributed by atoms with Crippen LogP contribution >= 0.6 is 11.8 Å². The summed E-state index contributed by atoms with van der Waals surface area (Å²) in [5.41, 5.74) is 0. The fourth-order valence-corrected chi connectivity index (χ4v) is 2.54. The molecule has 1 N–H and O–H groups in total. The third-order valence-electron chi connectivity index (χ3n) is 2.48. The third-order valence-corrected chi connectivity index (χ3v) is 3.44. The lowest BCUT2D eigenvalue weighted by Crippen LogP contribution is -2.37. The molecule has 3 nitrogen and oxygen atoms in total. The molecule has 0 spiro atoms. The zero-order valence-electron chi connectivity index (χ0n) is 8.90. The Morgan fingerprint density at radius 1 is 1.67 bits per heavy atom. The van der Waals surface area contributed by atoms with Crippen molar-refractivity contribution in [1.82, 2.24) is 5.32 Å². The van der Waals surface area contributed by atoms with E-state index in [4.69, 9.17) is 4.42 Å². The average molecular weight is 224 g/mol. The van der Waals surface area contributed by atoms with E-state index in [1.54, 1.807) is 18.0 Å². The maximum absolute atomic E-state index is 5.23. The van der Waals surface area contributed by atoms with Gasteiger partial charge in [0.15, 0.2) is 5.17 Å². The minimum Gasteiger partial charge on any atom is -0.467 e. The van der Waals surface area contributed by atoms with Gasteiger partial charge in [-0.3, -0.25) is 4.99 Å². The molecule has 0 aliphatic carbocycles. The summed E-state index contributed by atoms with van der Waals surface area (Å²) in [6.45, 7) is 2.84. The molecule has 1 atom stereocenters. The van der Waals surface area contributed by atoms with E-state index in [0.717, 1.165) is 10.9 Å². The summed E-state index contributed by atoms with van der Waals surface area (Å²) in [6, 6.07) is 4.45. The molecule has 0 saturated carbocycles. The summed E-state index contributed by atoms with van der Waals surface area (Å²) in [6.07, 6.45) is 4.09. The smallest absolute Gasteiger partial charge is 0.157 e. The Bertz CT molecular complexity index is 321. The van der Waals surface area contributed by atoms with Crippen LogP contribution in [-0.2, 0) is 6.54 Å². The second-order valence-corrected chi connectivity index (χ2v) is 4.67. The van der Waals surface area contributed by atoms with E-state index in [9.17, 15) is 0 Å². The predicted molar refractivity (Wildman–Crippen MR) is 64.1 cm³/mol. The first-order valence-corrected chi connectivity index (χ1v) is 6.33. The lowest BCUT2D eigenvalue weighted by atomic mass is 10.2. The Kier molecular flexibility index (Phi) is 3.72. The van der Waals surface area contributed by atoms with Crippen LogP contribution in [0.1, 0.15) is 25.5 Å². The van der Waals surface area contributed by atoms with E-state index >= 15 is 0 Å². The second-order valence-electron chi connectivity index (χ2n) is 3.59. The summed E-state index contributed by atoms with van der Waals surface area (Å²) < 4.78 is 5.23. The molecule has 0 amide bonds. The molecule has 82 valence electrons. The van der Waals surface area contributed by atoms with Gasteiger partial charge in [-0.2, -0.15) is 0 Å². The maximum atomic E-state index is 5.23. The fourth-order valence-electron chi connectivity index (χ4n) is 1.54. The molecule has 1 unspecified atom stereocenters. The number of nitrogens with one attached hydrogen (secondary N) is 1. The number of hydrogen-bond acceptors (Lipinski definition) is 3. The molecule has 0 bridgehead atoms. The quantitative estimate of drug-likeness (QED) is 0.857. The van der Waals surface area contributed by atoms with E-state index < -0.39 is 0 Å². The highest BCUT2D eigenvalue weighted by Gasteiger charge is 2.15. The van der Waals surface area contributed by atoms with Gasteiger partial charge >= 0.3 is 0 Å². The van der Waals surface area contributed by atoms with Crippen LogP contribution in [0.4, 0.5) is 0 Å². The van der Waals surface area contributed by atoms with Gasteiger partial charge in [-0.05, 0) is 25.0 Å². The molecule has 1 aliphatic rings. The summed E-state index contributed by atoms with van der Waals surface area (Å²) in [4.78, 5) is 4.50. The Labute approximate surface area is 94.3 Å². The molecular formula is C11H16N2OS. The molecular weight excluding hydrogens is 208 g/mol. The monoisotopic (exact) mass is 224 g/mol. The van der Waals surface area contributed by atoms with Gasteiger partial charge in [0.25, 0.3) is 0 Å². The van der Waals surface area contributed by atoms with Crippen molar-refractivity contribution in [3.63, 3.8) is 0 Å². The highest BCUT2D eigenvalue weighted by Crippen LogP contribution is 2.16.